The van der Waals surface area contributed by atoms with E-state index in [2.05, 4.69) is 20.6 Å². The second-order valence-corrected chi connectivity index (χ2v) is 5.92. The zero-order valence-corrected chi connectivity index (χ0v) is 14.7. The first-order chi connectivity index (χ1) is 12.1. The van der Waals surface area contributed by atoms with Crippen LogP contribution in [-0.2, 0) is 6.42 Å². The zero-order chi connectivity index (χ0) is 17.8. The summed E-state index contributed by atoms with van der Waals surface area (Å²) in [5.41, 5.74) is 2.47. The molecule has 0 aliphatic rings. The maximum absolute atomic E-state index is 13.3. The van der Waals surface area contributed by atoms with E-state index in [1.807, 2.05) is 19.2 Å². The maximum Gasteiger partial charge on any atom is 0.141 e. The van der Waals surface area contributed by atoms with Crippen LogP contribution in [0.25, 0.3) is 10.9 Å². The number of halogens is 2. The van der Waals surface area contributed by atoms with Crippen LogP contribution in [-0.4, -0.2) is 30.7 Å². The first-order valence-electron chi connectivity index (χ1n) is 7.80. The number of nitrogens with one attached hydrogen (secondary N) is 2. The third kappa shape index (κ3) is 3.81. The maximum atomic E-state index is 13.3. The van der Waals surface area contributed by atoms with Gasteiger partial charge in [0.05, 0.1) is 17.6 Å². The van der Waals surface area contributed by atoms with Crippen LogP contribution in [0, 0.1) is 5.82 Å². The minimum absolute atomic E-state index is 0.0553. The molecule has 3 aromatic rings. The fourth-order valence-corrected chi connectivity index (χ4v) is 2.76. The second kappa shape index (κ2) is 7.63. The Labute approximate surface area is 150 Å². The van der Waals surface area contributed by atoms with E-state index in [-0.39, 0.29) is 5.02 Å². The lowest BCUT2D eigenvalue weighted by atomic mass is 10.1. The number of nitrogens with zero attached hydrogens (tertiary/aromatic N) is 2. The van der Waals surface area contributed by atoms with Gasteiger partial charge in [0.15, 0.2) is 0 Å². The normalized spacial score (nSPS) is 10.9. The number of anilines is 2. The molecule has 130 valence electrons. The smallest absolute Gasteiger partial charge is 0.141 e. The van der Waals surface area contributed by atoms with Crippen LogP contribution in [0.1, 0.15) is 5.56 Å². The number of methoxy groups -OCH3 is 1. The van der Waals surface area contributed by atoms with Crippen molar-refractivity contribution < 1.29 is 9.13 Å². The van der Waals surface area contributed by atoms with E-state index in [4.69, 9.17) is 16.3 Å². The molecule has 0 saturated carbocycles. The van der Waals surface area contributed by atoms with Crippen LogP contribution in [0.3, 0.4) is 0 Å². The first kappa shape index (κ1) is 17.4. The average Bonchev–Trinajstić information content (AvgIpc) is 2.62. The quantitative estimate of drug-likeness (QED) is 0.697. The van der Waals surface area contributed by atoms with Gasteiger partial charge in [0.25, 0.3) is 0 Å². The summed E-state index contributed by atoms with van der Waals surface area (Å²) >= 11 is 5.85. The number of ether oxygens (including phenoxy) is 1. The number of likely N-dealkylation sites (N-methyl/N-ethyl adjacent to an activating group) is 1. The van der Waals surface area contributed by atoms with E-state index in [1.54, 1.807) is 13.2 Å². The first-order valence-corrected chi connectivity index (χ1v) is 8.18. The van der Waals surface area contributed by atoms with Gasteiger partial charge in [-0.2, -0.15) is 0 Å². The molecular formula is C18H18ClFN4O. The van der Waals surface area contributed by atoms with Gasteiger partial charge in [0.1, 0.15) is 23.7 Å². The number of aromatic nitrogens is 2. The van der Waals surface area contributed by atoms with Gasteiger partial charge in [-0.3, -0.25) is 0 Å². The van der Waals surface area contributed by atoms with Crippen molar-refractivity contribution in [3.63, 3.8) is 0 Å². The molecule has 3 rings (SSSR count). The Hall–Kier alpha value is -2.44. The molecule has 0 bridgehead atoms. The number of benzene rings is 2. The highest BCUT2D eigenvalue weighted by Crippen LogP contribution is 2.30. The number of rotatable bonds is 6. The largest absolute Gasteiger partial charge is 0.496 e. The van der Waals surface area contributed by atoms with Gasteiger partial charge in [-0.05, 0) is 49.8 Å². The standard InChI is InChI=1S/C18H18ClFN4O/c1-21-6-5-11-7-13-16(9-17(11)25-2)22-10-23-18(13)24-12-3-4-15(20)14(19)8-12/h3-4,7-10,21H,5-6H2,1-2H3,(H,22,23,24). The lowest BCUT2D eigenvalue weighted by Gasteiger charge is -2.13. The highest BCUT2D eigenvalue weighted by Gasteiger charge is 2.11. The second-order valence-electron chi connectivity index (χ2n) is 5.51. The molecule has 0 radical (unpaired) electrons. The summed E-state index contributed by atoms with van der Waals surface area (Å²) in [6, 6.07) is 8.36. The van der Waals surface area contributed by atoms with E-state index >= 15 is 0 Å². The Kier molecular flexibility index (Phi) is 5.31. The summed E-state index contributed by atoms with van der Waals surface area (Å²) in [6.45, 7) is 0.825. The molecule has 0 unspecified atom stereocenters. The molecule has 5 nitrogen and oxygen atoms in total. The van der Waals surface area contributed by atoms with E-state index in [0.717, 1.165) is 35.2 Å². The summed E-state index contributed by atoms with van der Waals surface area (Å²) in [4.78, 5) is 8.63. The molecule has 0 aliphatic heterocycles. The highest BCUT2D eigenvalue weighted by atomic mass is 35.5. The summed E-state index contributed by atoms with van der Waals surface area (Å²) in [5.74, 6) is 0.956. The van der Waals surface area contributed by atoms with Crippen molar-refractivity contribution in [2.75, 3.05) is 26.0 Å². The summed E-state index contributed by atoms with van der Waals surface area (Å²) in [5, 5.41) is 7.22. The Morgan fingerprint density at radius 1 is 1.20 bits per heavy atom. The Bertz CT molecular complexity index is 904. The van der Waals surface area contributed by atoms with Crippen molar-refractivity contribution in [3.05, 3.63) is 53.1 Å². The van der Waals surface area contributed by atoms with E-state index < -0.39 is 5.82 Å². The van der Waals surface area contributed by atoms with Gasteiger partial charge in [-0.15, -0.1) is 0 Å². The molecule has 7 heteroatoms. The van der Waals surface area contributed by atoms with E-state index in [0.29, 0.717) is 11.5 Å². The van der Waals surface area contributed by atoms with Crippen molar-refractivity contribution in [1.82, 2.24) is 15.3 Å². The predicted octanol–water partition coefficient (Wildman–Crippen LogP) is 3.94. The van der Waals surface area contributed by atoms with E-state index in [1.165, 1.54) is 18.5 Å². The van der Waals surface area contributed by atoms with Gasteiger partial charge < -0.3 is 15.4 Å². The minimum atomic E-state index is -0.459. The molecule has 0 fully saturated rings. The molecule has 1 aromatic heterocycles. The van der Waals surface area contributed by atoms with Crippen molar-refractivity contribution in [1.29, 1.82) is 0 Å². The van der Waals surface area contributed by atoms with Crippen LogP contribution in [0.4, 0.5) is 15.9 Å². The molecule has 0 amide bonds. The van der Waals surface area contributed by atoms with Crippen LogP contribution in [0.15, 0.2) is 36.7 Å². The minimum Gasteiger partial charge on any atom is -0.496 e. The molecule has 2 aromatic carbocycles. The summed E-state index contributed by atoms with van der Waals surface area (Å²) in [6.07, 6.45) is 2.29. The number of fused-ring (bicyclic) bond motifs is 1. The van der Waals surface area contributed by atoms with Crippen LogP contribution in [0.2, 0.25) is 5.02 Å². The summed E-state index contributed by atoms with van der Waals surface area (Å²) < 4.78 is 18.8. The lowest BCUT2D eigenvalue weighted by Crippen LogP contribution is -2.11. The van der Waals surface area contributed by atoms with Crippen LogP contribution >= 0.6 is 11.6 Å². The van der Waals surface area contributed by atoms with Crippen molar-refractivity contribution in [3.8, 4) is 5.75 Å². The van der Waals surface area contributed by atoms with Crippen molar-refractivity contribution in [2.45, 2.75) is 6.42 Å². The van der Waals surface area contributed by atoms with Crippen molar-refractivity contribution in [2.24, 2.45) is 0 Å². The van der Waals surface area contributed by atoms with Gasteiger partial charge >= 0.3 is 0 Å². The van der Waals surface area contributed by atoms with Crippen LogP contribution < -0.4 is 15.4 Å². The lowest BCUT2D eigenvalue weighted by molar-refractivity contribution is 0.410. The Morgan fingerprint density at radius 2 is 2.04 bits per heavy atom. The molecule has 25 heavy (non-hydrogen) atoms. The van der Waals surface area contributed by atoms with Gasteiger partial charge in [0.2, 0.25) is 0 Å². The van der Waals surface area contributed by atoms with Gasteiger partial charge in [-0.1, -0.05) is 11.6 Å². The SMILES string of the molecule is CNCCc1cc2c(Nc3ccc(F)c(Cl)c3)ncnc2cc1OC. The van der Waals surface area contributed by atoms with Crippen molar-refractivity contribution >= 4 is 34.0 Å². The number of hydrogen-bond acceptors (Lipinski definition) is 5. The third-order valence-electron chi connectivity index (χ3n) is 3.86. The molecule has 1 heterocycles. The molecule has 2 N–H and O–H groups in total. The summed E-state index contributed by atoms with van der Waals surface area (Å²) in [7, 11) is 3.55. The van der Waals surface area contributed by atoms with Gasteiger partial charge in [-0.25, -0.2) is 14.4 Å². The monoisotopic (exact) mass is 360 g/mol. The fraction of sp³-hybridized carbons (Fsp3) is 0.222. The molecule has 0 aliphatic carbocycles. The molecule has 0 saturated heterocycles. The topological polar surface area (TPSA) is 59.1 Å². The predicted molar refractivity (Wildman–Crippen MR) is 98.4 cm³/mol. The molecule has 0 spiro atoms. The molecule has 0 atom stereocenters. The van der Waals surface area contributed by atoms with Crippen LogP contribution in [0.5, 0.6) is 5.75 Å². The zero-order valence-electron chi connectivity index (χ0n) is 13.9. The average molecular weight is 361 g/mol. The fourth-order valence-electron chi connectivity index (χ4n) is 2.58. The Balaban J connectivity index is 2.03. The Morgan fingerprint density at radius 3 is 2.76 bits per heavy atom. The number of hydrogen-bond donors (Lipinski definition) is 2. The highest BCUT2D eigenvalue weighted by molar-refractivity contribution is 6.31. The third-order valence-corrected chi connectivity index (χ3v) is 4.15. The van der Waals surface area contributed by atoms with Gasteiger partial charge in [0, 0.05) is 17.1 Å². The molecular weight excluding hydrogens is 343 g/mol. The van der Waals surface area contributed by atoms with E-state index in [9.17, 15) is 4.39 Å².